The van der Waals surface area contributed by atoms with Crippen molar-refractivity contribution >= 4 is 5.91 Å². The lowest BCUT2D eigenvalue weighted by Gasteiger charge is -2.23. The van der Waals surface area contributed by atoms with E-state index >= 15 is 0 Å². The van der Waals surface area contributed by atoms with E-state index in [1.165, 1.54) is 23.1 Å². The second-order valence-corrected chi connectivity index (χ2v) is 5.81. The molecule has 1 heterocycles. The molecule has 1 atom stereocenters. The molecule has 2 aromatic rings. The zero-order valence-corrected chi connectivity index (χ0v) is 12.6. The van der Waals surface area contributed by atoms with Crippen LogP contribution in [0.15, 0.2) is 54.6 Å². The summed E-state index contributed by atoms with van der Waals surface area (Å²) in [5, 5.41) is 10.6. The standard InChI is InChI=1S/C18H18FNO3/c19-15-6-4-5-14(11-15)17(21)20-10-9-18(22,12-20)13-23-16-7-2-1-3-8-16/h1-8,11,22H,9-10,12-13H2/t18-/m1/s1. The van der Waals surface area contributed by atoms with E-state index in [1.54, 1.807) is 6.07 Å². The maximum Gasteiger partial charge on any atom is 0.254 e. The van der Waals surface area contributed by atoms with Crippen molar-refractivity contribution in [2.75, 3.05) is 19.7 Å². The van der Waals surface area contributed by atoms with Gasteiger partial charge in [0, 0.05) is 12.1 Å². The van der Waals surface area contributed by atoms with Gasteiger partial charge >= 0.3 is 0 Å². The first-order valence-electron chi connectivity index (χ1n) is 7.51. The number of nitrogens with zero attached hydrogens (tertiary/aromatic N) is 1. The third-order valence-electron chi connectivity index (χ3n) is 3.94. The highest BCUT2D eigenvalue weighted by atomic mass is 19.1. The summed E-state index contributed by atoms with van der Waals surface area (Å²) in [6.07, 6.45) is 0.431. The summed E-state index contributed by atoms with van der Waals surface area (Å²) in [6, 6.07) is 14.8. The topological polar surface area (TPSA) is 49.8 Å². The first kappa shape index (κ1) is 15.5. The summed E-state index contributed by atoms with van der Waals surface area (Å²) in [5.74, 6) is -0.0475. The van der Waals surface area contributed by atoms with Crippen molar-refractivity contribution in [3.05, 3.63) is 66.0 Å². The maximum absolute atomic E-state index is 13.2. The van der Waals surface area contributed by atoms with Crippen molar-refractivity contribution < 1.29 is 19.0 Å². The fraction of sp³-hybridized carbons (Fsp3) is 0.278. The summed E-state index contributed by atoms with van der Waals surface area (Å²) in [6.45, 7) is 0.711. The van der Waals surface area contributed by atoms with Crippen LogP contribution >= 0.6 is 0 Å². The molecule has 23 heavy (non-hydrogen) atoms. The minimum atomic E-state index is -1.08. The van der Waals surface area contributed by atoms with Crippen LogP contribution in [-0.4, -0.2) is 41.2 Å². The Bertz CT molecular complexity index is 692. The molecular formula is C18H18FNO3. The number of hydrogen-bond acceptors (Lipinski definition) is 3. The third kappa shape index (κ3) is 3.68. The monoisotopic (exact) mass is 315 g/mol. The Morgan fingerprint density at radius 2 is 2.00 bits per heavy atom. The molecule has 0 bridgehead atoms. The molecule has 3 rings (SSSR count). The highest BCUT2D eigenvalue weighted by Crippen LogP contribution is 2.24. The zero-order valence-electron chi connectivity index (χ0n) is 12.6. The number of carbonyl (C=O) groups excluding carboxylic acids is 1. The van der Waals surface area contributed by atoms with Crippen LogP contribution in [0.2, 0.25) is 0 Å². The lowest BCUT2D eigenvalue weighted by atomic mass is 10.1. The summed E-state index contributed by atoms with van der Waals surface area (Å²) in [5.41, 5.74) is -0.794. The molecule has 0 spiro atoms. The number of carbonyl (C=O) groups is 1. The molecule has 5 heteroatoms. The fourth-order valence-electron chi connectivity index (χ4n) is 2.69. The van der Waals surface area contributed by atoms with Gasteiger partial charge < -0.3 is 14.7 Å². The highest BCUT2D eigenvalue weighted by Gasteiger charge is 2.39. The number of benzene rings is 2. The molecule has 0 unspecified atom stereocenters. The van der Waals surface area contributed by atoms with Crippen LogP contribution in [0.25, 0.3) is 0 Å². The number of ether oxygens (including phenoxy) is 1. The molecule has 0 aliphatic carbocycles. The normalized spacial score (nSPS) is 20.5. The van der Waals surface area contributed by atoms with Crippen molar-refractivity contribution in [2.24, 2.45) is 0 Å². The van der Waals surface area contributed by atoms with E-state index in [0.29, 0.717) is 24.3 Å². The quantitative estimate of drug-likeness (QED) is 0.943. The van der Waals surface area contributed by atoms with Gasteiger partial charge in [0.25, 0.3) is 5.91 Å². The van der Waals surface area contributed by atoms with Crippen molar-refractivity contribution in [3.63, 3.8) is 0 Å². The third-order valence-corrected chi connectivity index (χ3v) is 3.94. The first-order chi connectivity index (χ1) is 11.1. The van der Waals surface area contributed by atoms with Crippen molar-refractivity contribution in [3.8, 4) is 5.75 Å². The van der Waals surface area contributed by atoms with Gasteiger partial charge in [0.2, 0.25) is 0 Å². The van der Waals surface area contributed by atoms with Crippen LogP contribution in [0.5, 0.6) is 5.75 Å². The Morgan fingerprint density at radius 3 is 2.74 bits per heavy atom. The molecule has 0 saturated carbocycles. The average molecular weight is 315 g/mol. The Hall–Kier alpha value is -2.40. The summed E-state index contributed by atoms with van der Waals surface area (Å²) >= 11 is 0. The molecule has 4 nitrogen and oxygen atoms in total. The van der Waals surface area contributed by atoms with E-state index in [9.17, 15) is 14.3 Å². The summed E-state index contributed by atoms with van der Waals surface area (Å²) in [4.78, 5) is 13.9. The minimum Gasteiger partial charge on any atom is -0.491 e. The van der Waals surface area contributed by atoms with Gasteiger partial charge in [0.15, 0.2) is 0 Å². The van der Waals surface area contributed by atoms with Gasteiger partial charge in [-0.15, -0.1) is 0 Å². The molecule has 1 N–H and O–H groups in total. The number of aliphatic hydroxyl groups is 1. The van der Waals surface area contributed by atoms with E-state index in [-0.39, 0.29) is 19.1 Å². The fourth-order valence-corrected chi connectivity index (χ4v) is 2.69. The van der Waals surface area contributed by atoms with Gasteiger partial charge in [-0.1, -0.05) is 24.3 Å². The molecule has 120 valence electrons. The van der Waals surface area contributed by atoms with Crippen molar-refractivity contribution in [2.45, 2.75) is 12.0 Å². The molecule has 1 aliphatic heterocycles. The molecule has 1 aliphatic rings. The number of β-amino-alcohol motifs (C(OH)–C–C–N with tert-alkyl or cyclic N) is 1. The predicted molar refractivity (Wildman–Crippen MR) is 83.8 cm³/mol. The van der Waals surface area contributed by atoms with Crippen LogP contribution in [0, 0.1) is 5.82 Å². The zero-order chi connectivity index (χ0) is 16.3. The van der Waals surface area contributed by atoms with Gasteiger partial charge in [-0.2, -0.15) is 0 Å². The van der Waals surface area contributed by atoms with Crippen molar-refractivity contribution in [1.82, 2.24) is 4.90 Å². The van der Waals surface area contributed by atoms with Gasteiger partial charge in [0.05, 0.1) is 6.54 Å². The van der Waals surface area contributed by atoms with E-state index in [0.717, 1.165) is 0 Å². The molecule has 0 radical (unpaired) electrons. The van der Waals surface area contributed by atoms with Gasteiger partial charge in [-0.3, -0.25) is 4.79 Å². The average Bonchev–Trinajstić information content (AvgIpc) is 2.96. The largest absolute Gasteiger partial charge is 0.491 e. The first-order valence-corrected chi connectivity index (χ1v) is 7.51. The smallest absolute Gasteiger partial charge is 0.254 e. The maximum atomic E-state index is 13.2. The van der Waals surface area contributed by atoms with Gasteiger partial charge in [-0.25, -0.2) is 4.39 Å². The van der Waals surface area contributed by atoms with E-state index in [1.807, 2.05) is 30.3 Å². The highest BCUT2D eigenvalue weighted by molar-refractivity contribution is 5.94. The summed E-state index contributed by atoms with van der Waals surface area (Å²) < 4.78 is 18.8. The number of likely N-dealkylation sites (tertiary alicyclic amines) is 1. The van der Waals surface area contributed by atoms with Crippen LogP contribution in [0.1, 0.15) is 16.8 Å². The van der Waals surface area contributed by atoms with Crippen LogP contribution < -0.4 is 4.74 Å². The number of hydrogen-bond donors (Lipinski definition) is 1. The molecule has 0 aromatic heterocycles. The van der Waals surface area contributed by atoms with Crippen LogP contribution in [0.3, 0.4) is 0 Å². The summed E-state index contributed by atoms with van der Waals surface area (Å²) in [7, 11) is 0. The lowest BCUT2D eigenvalue weighted by molar-refractivity contribution is 0.00431. The Labute approximate surface area is 134 Å². The SMILES string of the molecule is O=C(c1cccc(F)c1)N1CC[C@](O)(COc2ccccc2)C1. The minimum absolute atomic E-state index is 0.115. The number of rotatable bonds is 4. The van der Waals surface area contributed by atoms with Crippen LogP contribution in [0.4, 0.5) is 4.39 Å². The van der Waals surface area contributed by atoms with E-state index < -0.39 is 11.4 Å². The number of amides is 1. The Kier molecular flexibility index (Phi) is 4.30. The molecule has 1 amide bonds. The molecule has 1 fully saturated rings. The molecule has 2 aromatic carbocycles. The second kappa shape index (κ2) is 6.38. The van der Waals surface area contributed by atoms with Gasteiger partial charge in [0.1, 0.15) is 23.8 Å². The number of para-hydroxylation sites is 1. The predicted octanol–water partition coefficient (Wildman–Crippen LogP) is 2.48. The van der Waals surface area contributed by atoms with Crippen molar-refractivity contribution in [1.29, 1.82) is 0 Å². The lowest BCUT2D eigenvalue weighted by Crippen LogP contribution is -2.40. The second-order valence-electron chi connectivity index (χ2n) is 5.81. The molecular weight excluding hydrogens is 297 g/mol. The van der Waals surface area contributed by atoms with E-state index in [2.05, 4.69) is 0 Å². The Balaban J connectivity index is 1.62. The Morgan fingerprint density at radius 1 is 1.22 bits per heavy atom. The molecule has 1 saturated heterocycles. The number of halogens is 1. The van der Waals surface area contributed by atoms with Crippen LogP contribution in [-0.2, 0) is 0 Å². The van der Waals surface area contributed by atoms with Gasteiger partial charge in [-0.05, 0) is 36.8 Å². The van der Waals surface area contributed by atoms with E-state index in [4.69, 9.17) is 4.74 Å².